The standard InChI is InChI=1S/C12H18N2O2S/c1-17(15,16)10-5-2-4-9(8-10)11-6-3-7-14-12(11)13/h3,6-7,9-10H,2,4-5,8H2,1H3,(H2,13,14). The summed E-state index contributed by atoms with van der Waals surface area (Å²) in [6.07, 6.45) is 6.38. The second-order valence-electron chi connectivity index (χ2n) is 4.79. The van der Waals surface area contributed by atoms with Gasteiger partial charge in [0, 0.05) is 12.5 Å². The molecule has 1 aliphatic carbocycles. The van der Waals surface area contributed by atoms with Gasteiger partial charge in [0.05, 0.1) is 5.25 Å². The molecule has 0 bridgehead atoms. The fourth-order valence-corrected chi connectivity index (χ4v) is 3.77. The van der Waals surface area contributed by atoms with Gasteiger partial charge in [-0.3, -0.25) is 0 Å². The summed E-state index contributed by atoms with van der Waals surface area (Å²) in [6.45, 7) is 0. The maximum atomic E-state index is 11.6. The van der Waals surface area contributed by atoms with Crippen LogP contribution < -0.4 is 5.73 Å². The summed E-state index contributed by atoms with van der Waals surface area (Å²) < 4.78 is 23.2. The van der Waals surface area contributed by atoms with E-state index in [1.165, 1.54) is 6.26 Å². The van der Waals surface area contributed by atoms with E-state index in [1.54, 1.807) is 6.20 Å². The summed E-state index contributed by atoms with van der Waals surface area (Å²) in [4.78, 5) is 4.07. The number of nitrogens with zero attached hydrogens (tertiary/aromatic N) is 1. The van der Waals surface area contributed by atoms with Crippen LogP contribution in [0.5, 0.6) is 0 Å². The van der Waals surface area contributed by atoms with E-state index in [4.69, 9.17) is 5.73 Å². The number of pyridine rings is 1. The predicted molar refractivity (Wildman–Crippen MR) is 68.5 cm³/mol. The van der Waals surface area contributed by atoms with Crippen LogP contribution in [-0.2, 0) is 9.84 Å². The van der Waals surface area contributed by atoms with Crippen molar-refractivity contribution < 1.29 is 8.42 Å². The summed E-state index contributed by atoms with van der Waals surface area (Å²) in [5, 5.41) is -0.221. The number of hydrogen-bond acceptors (Lipinski definition) is 4. The first-order chi connectivity index (χ1) is 7.98. The van der Waals surface area contributed by atoms with Gasteiger partial charge in [0.25, 0.3) is 0 Å². The number of nitrogen functional groups attached to an aromatic ring is 1. The topological polar surface area (TPSA) is 73.0 Å². The molecule has 5 heteroatoms. The fourth-order valence-electron chi connectivity index (χ4n) is 2.59. The van der Waals surface area contributed by atoms with Gasteiger partial charge in [0.1, 0.15) is 15.7 Å². The number of anilines is 1. The van der Waals surface area contributed by atoms with Gasteiger partial charge in [0.2, 0.25) is 0 Å². The van der Waals surface area contributed by atoms with Crippen molar-refractivity contribution in [2.45, 2.75) is 36.9 Å². The highest BCUT2D eigenvalue weighted by molar-refractivity contribution is 7.91. The Morgan fingerprint density at radius 3 is 2.82 bits per heavy atom. The SMILES string of the molecule is CS(=O)(=O)C1CCCC(c2cccnc2N)C1. The zero-order valence-corrected chi connectivity index (χ0v) is 10.8. The molecule has 17 heavy (non-hydrogen) atoms. The Morgan fingerprint density at radius 1 is 1.41 bits per heavy atom. The molecule has 0 aliphatic heterocycles. The minimum Gasteiger partial charge on any atom is -0.383 e. The molecule has 2 atom stereocenters. The maximum Gasteiger partial charge on any atom is 0.150 e. The van der Waals surface area contributed by atoms with Gasteiger partial charge < -0.3 is 5.73 Å². The first kappa shape index (κ1) is 12.4. The molecule has 2 rings (SSSR count). The van der Waals surface area contributed by atoms with E-state index in [0.717, 1.165) is 24.8 Å². The van der Waals surface area contributed by atoms with Crippen LogP contribution in [-0.4, -0.2) is 24.9 Å². The Balaban J connectivity index is 2.21. The van der Waals surface area contributed by atoms with E-state index < -0.39 is 9.84 Å². The van der Waals surface area contributed by atoms with Crippen molar-refractivity contribution in [1.29, 1.82) is 0 Å². The number of aromatic nitrogens is 1. The van der Waals surface area contributed by atoms with Crippen molar-refractivity contribution in [3.8, 4) is 0 Å². The summed E-state index contributed by atoms with van der Waals surface area (Å²) in [5.74, 6) is 0.767. The van der Waals surface area contributed by atoms with Crippen LogP contribution >= 0.6 is 0 Å². The van der Waals surface area contributed by atoms with E-state index in [1.807, 2.05) is 12.1 Å². The van der Waals surface area contributed by atoms with Gasteiger partial charge >= 0.3 is 0 Å². The third-order valence-electron chi connectivity index (χ3n) is 3.54. The first-order valence-electron chi connectivity index (χ1n) is 5.87. The molecule has 1 saturated carbocycles. The lowest BCUT2D eigenvalue weighted by atomic mass is 9.84. The molecular formula is C12H18N2O2S. The number of hydrogen-bond donors (Lipinski definition) is 1. The highest BCUT2D eigenvalue weighted by atomic mass is 32.2. The monoisotopic (exact) mass is 254 g/mol. The van der Waals surface area contributed by atoms with E-state index >= 15 is 0 Å². The minimum absolute atomic E-state index is 0.221. The van der Waals surface area contributed by atoms with E-state index in [2.05, 4.69) is 4.98 Å². The van der Waals surface area contributed by atoms with Gasteiger partial charge in [0.15, 0.2) is 0 Å². The second kappa shape index (κ2) is 4.64. The van der Waals surface area contributed by atoms with Gasteiger partial charge in [-0.1, -0.05) is 12.5 Å². The summed E-state index contributed by atoms with van der Waals surface area (Å²) in [5.41, 5.74) is 6.85. The molecule has 0 aromatic carbocycles. The highest BCUT2D eigenvalue weighted by Gasteiger charge is 2.30. The van der Waals surface area contributed by atoms with E-state index in [9.17, 15) is 8.42 Å². The van der Waals surface area contributed by atoms with Crippen LogP contribution in [0.15, 0.2) is 18.3 Å². The van der Waals surface area contributed by atoms with Crippen LogP contribution in [0.1, 0.15) is 37.2 Å². The number of rotatable bonds is 2. The zero-order chi connectivity index (χ0) is 12.5. The molecule has 2 N–H and O–H groups in total. The van der Waals surface area contributed by atoms with Gasteiger partial charge in [-0.2, -0.15) is 0 Å². The van der Waals surface area contributed by atoms with Crippen LogP contribution in [0.4, 0.5) is 5.82 Å². The highest BCUT2D eigenvalue weighted by Crippen LogP contribution is 2.37. The number of sulfone groups is 1. The molecule has 1 fully saturated rings. The van der Waals surface area contributed by atoms with Gasteiger partial charge in [-0.05, 0) is 36.8 Å². The first-order valence-corrected chi connectivity index (χ1v) is 7.83. The molecule has 0 saturated heterocycles. The average molecular weight is 254 g/mol. The third kappa shape index (κ3) is 2.77. The third-order valence-corrected chi connectivity index (χ3v) is 5.18. The molecule has 0 amide bonds. The molecule has 1 aromatic rings. The van der Waals surface area contributed by atoms with Crippen LogP contribution in [0.3, 0.4) is 0 Å². The lowest BCUT2D eigenvalue weighted by Gasteiger charge is -2.28. The molecule has 0 radical (unpaired) electrons. The summed E-state index contributed by atoms with van der Waals surface area (Å²) in [6, 6.07) is 3.81. The molecule has 1 heterocycles. The Bertz CT molecular complexity index is 499. The predicted octanol–water partition coefficient (Wildman–Crippen LogP) is 1.73. The zero-order valence-electron chi connectivity index (χ0n) is 9.96. The summed E-state index contributed by atoms with van der Waals surface area (Å²) >= 11 is 0. The molecule has 1 aliphatic rings. The van der Waals surface area contributed by atoms with Crippen molar-refractivity contribution in [3.05, 3.63) is 23.9 Å². The maximum absolute atomic E-state index is 11.6. The smallest absolute Gasteiger partial charge is 0.150 e. The molecule has 4 nitrogen and oxygen atoms in total. The van der Waals surface area contributed by atoms with Gasteiger partial charge in [-0.15, -0.1) is 0 Å². The van der Waals surface area contributed by atoms with Crippen molar-refractivity contribution in [1.82, 2.24) is 4.98 Å². The van der Waals surface area contributed by atoms with Crippen molar-refractivity contribution in [2.24, 2.45) is 0 Å². The molecule has 2 unspecified atom stereocenters. The van der Waals surface area contributed by atoms with Crippen LogP contribution in [0.2, 0.25) is 0 Å². The lowest BCUT2D eigenvalue weighted by Crippen LogP contribution is -2.27. The van der Waals surface area contributed by atoms with Gasteiger partial charge in [-0.25, -0.2) is 13.4 Å². The average Bonchev–Trinajstić information content (AvgIpc) is 2.29. The van der Waals surface area contributed by atoms with Crippen molar-refractivity contribution in [2.75, 3.05) is 12.0 Å². The van der Waals surface area contributed by atoms with E-state index in [-0.39, 0.29) is 11.2 Å². The number of nitrogens with two attached hydrogens (primary N) is 1. The quantitative estimate of drug-likeness (QED) is 0.872. The Hall–Kier alpha value is -1.10. The molecular weight excluding hydrogens is 236 g/mol. The molecule has 94 valence electrons. The minimum atomic E-state index is -2.94. The Labute approximate surface area is 102 Å². The Kier molecular flexibility index (Phi) is 3.38. The fraction of sp³-hybridized carbons (Fsp3) is 0.583. The van der Waals surface area contributed by atoms with Crippen LogP contribution in [0.25, 0.3) is 0 Å². The molecule has 0 spiro atoms. The lowest BCUT2D eigenvalue weighted by molar-refractivity contribution is 0.436. The van der Waals surface area contributed by atoms with Crippen LogP contribution in [0, 0.1) is 0 Å². The normalized spacial score (nSPS) is 25.7. The Morgan fingerprint density at radius 2 is 2.18 bits per heavy atom. The van der Waals surface area contributed by atoms with Crippen molar-refractivity contribution >= 4 is 15.7 Å². The second-order valence-corrected chi connectivity index (χ2v) is 7.12. The largest absolute Gasteiger partial charge is 0.383 e. The molecule has 1 aromatic heterocycles. The van der Waals surface area contributed by atoms with Crippen molar-refractivity contribution in [3.63, 3.8) is 0 Å². The summed E-state index contributed by atoms with van der Waals surface area (Å²) in [7, 11) is -2.94. The van der Waals surface area contributed by atoms with E-state index in [0.29, 0.717) is 12.2 Å².